The maximum absolute atomic E-state index is 12.3. The lowest BCUT2D eigenvalue weighted by atomic mass is 9.84. The first-order valence-electron chi connectivity index (χ1n) is 8.74. The lowest BCUT2D eigenvalue weighted by Crippen LogP contribution is -2.24. The summed E-state index contributed by atoms with van der Waals surface area (Å²) in [4.78, 5) is 14.4. The zero-order valence-corrected chi connectivity index (χ0v) is 15.2. The molecule has 0 radical (unpaired) electrons. The van der Waals surface area contributed by atoms with Crippen molar-refractivity contribution in [3.05, 3.63) is 41.5 Å². The van der Waals surface area contributed by atoms with E-state index < -0.39 is 0 Å². The monoisotopic (exact) mass is 354 g/mol. The Morgan fingerprint density at radius 2 is 1.92 bits per heavy atom. The van der Waals surface area contributed by atoms with Gasteiger partial charge < -0.3 is 24.4 Å². The Morgan fingerprint density at radius 3 is 2.65 bits per heavy atom. The van der Waals surface area contributed by atoms with Crippen molar-refractivity contribution in [1.82, 2.24) is 0 Å². The molecular weight excluding hydrogens is 332 g/mol. The van der Waals surface area contributed by atoms with Crippen LogP contribution in [-0.2, 0) is 4.79 Å². The van der Waals surface area contributed by atoms with Crippen molar-refractivity contribution >= 4 is 17.3 Å². The van der Waals surface area contributed by atoms with E-state index in [0.717, 1.165) is 28.3 Å². The Morgan fingerprint density at radius 1 is 1.15 bits per heavy atom. The first-order chi connectivity index (χ1) is 12.6. The van der Waals surface area contributed by atoms with E-state index in [9.17, 15) is 4.79 Å². The SMILES string of the molecule is CCOc1cc(N(C)C)ccc1[C@@H]1CC(=O)Nc2cc3c(cc21)OCO3. The first kappa shape index (κ1) is 16.6. The van der Waals surface area contributed by atoms with E-state index in [1.54, 1.807) is 0 Å². The standard InChI is InChI=1S/C20H22N2O4/c1-4-24-17-7-12(22(2)3)5-6-13(17)14-9-20(23)21-16-10-19-18(8-15(14)16)25-11-26-19/h5-8,10,14H,4,9,11H2,1-3H3,(H,21,23)/t14-/m0/s1. The molecule has 2 heterocycles. The summed E-state index contributed by atoms with van der Waals surface area (Å²) in [7, 11) is 3.99. The molecule has 0 spiro atoms. The second kappa shape index (κ2) is 6.44. The summed E-state index contributed by atoms with van der Waals surface area (Å²) in [6, 6.07) is 9.95. The molecule has 2 aromatic carbocycles. The van der Waals surface area contributed by atoms with Crippen LogP contribution >= 0.6 is 0 Å². The second-order valence-corrected chi connectivity index (χ2v) is 6.65. The molecule has 2 aliphatic heterocycles. The van der Waals surface area contributed by atoms with Crippen LogP contribution < -0.4 is 24.4 Å². The molecule has 0 saturated heterocycles. The van der Waals surface area contributed by atoms with Gasteiger partial charge in [-0.2, -0.15) is 0 Å². The molecule has 0 unspecified atom stereocenters. The maximum atomic E-state index is 12.3. The fraction of sp³-hybridized carbons (Fsp3) is 0.350. The normalized spacial score (nSPS) is 17.5. The molecule has 136 valence electrons. The van der Waals surface area contributed by atoms with Gasteiger partial charge in [0, 0.05) is 55.5 Å². The molecule has 6 heteroatoms. The van der Waals surface area contributed by atoms with Gasteiger partial charge in [0.1, 0.15) is 5.75 Å². The molecule has 1 atom stereocenters. The lowest BCUT2D eigenvalue weighted by Gasteiger charge is -2.28. The Kier molecular flexibility index (Phi) is 4.11. The van der Waals surface area contributed by atoms with E-state index in [4.69, 9.17) is 14.2 Å². The zero-order chi connectivity index (χ0) is 18.3. The van der Waals surface area contributed by atoms with Crippen LogP contribution in [0.5, 0.6) is 17.2 Å². The predicted octanol–water partition coefficient (Wildman–Crippen LogP) is 3.35. The highest BCUT2D eigenvalue weighted by atomic mass is 16.7. The highest BCUT2D eigenvalue weighted by molar-refractivity contribution is 5.96. The molecule has 0 fully saturated rings. The number of nitrogens with zero attached hydrogens (tertiary/aromatic N) is 1. The van der Waals surface area contributed by atoms with Gasteiger partial charge in [0.25, 0.3) is 0 Å². The number of fused-ring (bicyclic) bond motifs is 2. The molecule has 1 amide bonds. The molecule has 0 aromatic heterocycles. The van der Waals surface area contributed by atoms with Gasteiger partial charge in [-0.1, -0.05) is 6.07 Å². The van der Waals surface area contributed by atoms with Gasteiger partial charge in [0.15, 0.2) is 11.5 Å². The average Bonchev–Trinajstić information content (AvgIpc) is 3.06. The van der Waals surface area contributed by atoms with Gasteiger partial charge >= 0.3 is 0 Å². The smallest absolute Gasteiger partial charge is 0.231 e. The first-order valence-corrected chi connectivity index (χ1v) is 8.74. The summed E-state index contributed by atoms with van der Waals surface area (Å²) in [6.45, 7) is 2.74. The summed E-state index contributed by atoms with van der Waals surface area (Å²) in [5.41, 5.74) is 3.86. The topological polar surface area (TPSA) is 60.0 Å². The van der Waals surface area contributed by atoms with E-state index >= 15 is 0 Å². The molecular formula is C20H22N2O4. The Balaban J connectivity index is 1.82. The van der Waals surface area contributed by atoms with Crippen molar-refractivity contribution in [3.8, 4) is 17.2 Å². The Labute approximate surface area is 152 Å². The van der Waals surface area contributed by atoms with E-state index in [1.807, 2.05) is 44.1 Å². The highest BCUT2D eigenvalue weighted by Crippen LogP contribution is 2.46. The van der Waals surface area contributed by atoms with Gasteiger partial charge in [-0.05, 0) is 24.6 Å². The molecule has 0 bridgehead atoms. The van der Waals surface area contributed by atoms with Crippen LogP contribution in [0.3, 0.4) is 0 Å². The van der Waals surface area contributed by atoms with Crippen molar-refractivity contribution in [2.75, 3.05) is 37.7 Å². The van der Waals surface area contributed by atoms with E-state index in [0.29, 0.717) is 24.5 Å². The van der Waals surface area contributed by atoms with Crippen LogP contribution in [0.15, 0.2) is 30.3 Å². The molecule has 0 aliphatic carbocycles. The molecule has 1 N–H and O–H groups in total. The van der Waals surface area contributed by atoms with Crippen molar-refractivity contribution < 1.29 is 19.0 Å². The van der Waals surface area contributed by atoms with Gasteiger partial charge in [-0.25, -0.2) is 0 Å². The molecule has 4 rings (SSSR count). The molecule has 2 aromatic rings. The van der Waals surface area contributed by atoms with Gasteiger partial charge in [-0.3, -0.25) is 4.79 Å². The van der Waals surface area contributed by atoms with E-state index in [2.05, 4.69) is 17.4 Å². The summed E-state index contributed by atoms with van der Waals surface area (Å²) in [5, 5.41) is 2.95. The number of carbonyl (C=O) groups is 1. The summed E-state index contributed by atoms with van der Waals surface area (Å²) < 4.78 is 16.9. The molecule has 0 saturated carbocycles. The number of anilines is 2. The predicted molar refractivity (Wildman–Crippen MR) is 99.6 cm³/mol. The summed E-state index contributed by atoms with van der Waals surface area (Å²) >= 11 is 0. The number of ether oxygens (including phenoxy) is 3. The van der Waals surface area contributed by atoms with E-state index in [1.165, 1.54) is 0 Å². The maximum Gasteiger partial charge on any atom is 0.231 e. The number of rotatable bonds is 4. The van der Waals surface area contributed by atoms with Crippen LogP contribution in [0, 0.1) is 0 Å². The van der Waals surface area contributed by atoms with Crippen LogP contribution in [0.25, 0.3) is 0 Å². The van der Waals surface area contributed by atoms with Crippen LogP contribution in [0.1, 0.15) is 30.4 Å². The van der Waals surface area contributed by atoms with Gasteiger partial charge in [0.2, 0.25) is 12.7 Å². The Bertz CT molecular complexity index is 863. The third-order valence-corrected chi connectivity index (χ3v) is 4.77. The highest BCUT2D eigenvalue weighted by Gasteiger charge is 2.31. The number of hydrogen-bond acceptors (Lipinski definition) is 5. The fourth-order valence-electron chi connectivity index (χ4n) is 3.50. The summed E-state index contributed by atoms with van der Waals surface area (Å²) in [6.07, 6.45) is 0.369. The third-order valence-electron chi connectivity index (χ3n) is 4.77. The second-order valence-electron chi connectivity index (χ2n) is 6.65. The minimum atomic E-state index is -0.0917. The number of hydrogen-bond donors (Lipinski definition) is 1. The number of amides is 1. The van der Waals surface area contributed by atoms with Gasteiger partial charge in [0.05, 0.1) is 6.61 Å². The minimum Gasteiger partial charge on any atom is -0.493 e. The third kappa shape index (κ3) is 2.81. The average molecular weight is 354 g/mol. The number of benzene rings is 2. The van der Waals surface area contributed by atoms with Crippen LogP contribution in [0.2, 0.25) is 0 Å². The van der Waals surface area contributed by atoms with Crippen molar-refractivity contribution in [3.63, 3.8) is 0 Å². The summed E-state index contributed by atoms with van der Waals surface area (Å²) in [5.74, 6) is 2.08. The van der Waals surface area contributed by atoms with Crippen molar-refractivity contribution in [2.24, 2.45) is 0 Å². The van der Waals surface area contributed by atoms with Crippen LogP contribution in [-0.4, -0.2) is 33.4 Å². The number of nitrogens with one attached hydrogen (secondary N) is 1. The Hall–Kier alpha value is -2.89. The van der Waals surface area contributed by atoms with Crippen LogP contribution in [0.4, 0.5) is 11.4 Å². The van der Waals surface area contributed by atoms with Crippen molar-refractivity contribution in [1.29, 1.82) is 0 Å². The lowest BCUT2D eigenvalue weighted by molar-refractivity contribution is -0.116. The van der Waals surface area contributed by atoms with Crippen molar-refractivity contribution in [2.45, 2.75) is 19.3 Å². The van der Waals surface area contributed by atoms with E-state index in [-0.39, 0.29) is 18.6 Å². The van der Waals surface area contributed by atoms with Gasteiger partial charge in [-0.15, -0.1) is 0 Å². The minimum absolute atomic E-state index is 0.0134. The molecule has 26 heavy (non-hydrogen) atoms. The quantitative estimate of drug-likeness (QED) is 0.912. The zero-order valence-electron chi connectivity index (χ0n) is 15.2. The number of carbonyl (C=O) groups excluding carboxylic acids is 1. The fourth-order valence-corrected chi connectivity index (χ4v) is 3.50. The largest absolute Gasteiger partial charge is 0.493 e. The molecule has 2 aliphatic rings. The molecule has 6 nitrogen and oxygen atoms in total.